The van der Waals surface area contributed by atoms with Crippen molar-refractivity contribution in [1.29, 1.82) is 5.26 Å². The lowest BCUT2D eigenvalue weighted by atomic mass is 9.90. The molecule has 1 heterocycles. The second-order valence-electron chi connectivity index (χ2n) is 18.1. The van der Waals surface area contributed by atoms with Crippen LogP contribution in [0.5, 0.6) is 0 Å². The van der Waals surface area contributed by atoms with Crippen LogP contribution in [0.3, 0.4) is 0 Å². The highest BCUT2D eigenvalue weighted by Gasteiger charge is 2.48. The summed E-state index contributed by atoms with van der Waals surface area (Å²) < 4.78 is 26.4. The first-order valence-corrected chi connectivity index (χ1v) is 28.5. The number of nitro benzene ring substituents is 2. The highest BCUT2D eigenvalue weighted by molar-refractivity contribution is 6.76. The number of hydrogen-bond donors (Lipinski definition) is 0. The maximum absolute atomic E-state index is 12.1. The Bertz CT molecular complexity index is 1990. The van der Waals surface area contributed by atoms with Crippen LogP contribution >= 0.6 is 0 Å². The van der Waals surface area contributed by atoms with E-state index in [1.54, 1.807) is 12.1 Å². The number of nitro groups is 2. The maximum Gasteiger partial charge on any atom is 0.269 e. The number of ether oxygens (including phenoxy) is 4. The van der Waals surface area contributed by atoms with Crippen molar-refractivity contribution in [2.24, 2.45) is 4.99 Å². The molecular formula is C46H60N6O8Si2. The van der Waals surface area contributed by atoms with Crippen LogP contribution in [0.2, 0.25) is 51.4 Å². The number of benzene rings is 4. The molecule has 0 amide bonds. The predicted molar refractivity (Wildman–Crippen MR) is 246 cm³/mol. The molecule has 0 N–H and O–H groups in total. The lowest BCUT2D eigenvalue weighted by Crippen LogP contribution is -2.53. The van der Waals surface area contributed by atoms with Crippen LogP contribution in [0.1, 0.15) is 22.3 Å². The molecule has 0 spiro atoms. The summed E-state index contributed by atoms with van der Waals surface area (Å²) in [6.07, 6.45) is 1.36. The second kappa shape index (κ2) is 22.7. The number of rotatable bonds is 22. The number of nitrogens with zero attached hydrogens (tertiary/aromatic N) is 6. The molecule has 1 saturated heterocycles. The molecule has 5 rings (SSSR count). The zero-order valence-corrected chi connectivity index (χ0v) is 38.7. The van der Waals surface area contributed by atoms with Gasteiger partial charge in [-0.1, -0.05) is 124 Å². The molecule has 16 heteroatoms. The number of guanidine groups is 1. The van der Waals surface area contributed by atoms with Crippen LogP contribution < -0.4 is 0 Å². The summed E-state index contributed by atoms with van der Waals surface area (Å²) in [6.45, 7) is 14.9. The van der Waals surface area contributed by atoms with Gasteiger partial charge < -0.3 is 28.7 Å². The standard InChI is InChI=1S/C46H60N6O8Si2/c1-61(2,3)25-23-57-34-59-44-42(29-36-15-9-7-10-16-36)49(31-38-19-13-21-40(27-38)51(53)54)46(48-33-47)50(32-39-20-14-22-41(28-39)52(55)56)43(30-37-17-11-8-12-18-37)45(44)60-35-58-24-26-62(4,5)6/h7-22,27-28,42-45H,23-26,29-32,34-35H2,1-6H3/t42-,43-,44+,45+/m1/s1. The molecule has 62 heavy (non-hydrogen) atoms. The number of aliphatic imine (C=N–C) groups is 1. The molecule has 4 aromatic rings. The molecule has 0 unspecified atom stereocenters. The van der Waals surface area contributed by atoms with Crippen LogP contribution in [0, 0.1) is 31.7 Å². The molecule has 14 nitrogen and oxygen atoms in total. The summed E-state index contributed by atoms with van der Waals surface area (Å²) in [4.78, 5) is 31.8. The summed E-state index contributed by atoms with van der Waals surface area (Å²) in [5.41, 5.74) is 3.01. The Labute approximate surface area is 367 Å². The summed E-state index contributed by atoms with van der Waals surface area (Å²) in [5, 5.41) is 34.7. The Hall–Kier alpha value is -5.29. The van der Waals surface area contributed by atoms with E-state index >= 15 is 0 Å². The van der Waals surface area contributed by atoms with Gasteiger partial charge >= 0.3 is 0 Å². The smallest absolute Gasteiger partial charge is 0.269 e. The minimum atomic E-state index is -1.44. The number of nitriles is 1. The van der Waals surface area contributed by atoms with Gasteiger partial charge in [-0.25, -0.2) is 0 Å². The third-order valence-electron chi connectivity index (χ3n) is 10.8. The number of hydrogen-bond acceptors (Lipinski definition) is 10. The first-order chi connectivity index (χ1) is 29.6. The van der Waals surface area contributed by atoms with Gasteiger partial charge in [0.15, 0.2) is 0 Å². The van der Waals surface area contributed by atoms with Crippen molar-refractivity contribution in [2.45, 2.75) is 102 Å². The van der Waals surface area contributed by atoms with Gasteiger partial charge in [-0.05, 0) is 47.2 Å². The topological polar surface area (TPSA) is 166 Å². The van der Waals surface area contributed by atoms with Gasteiger partial charge in [-0.3, -0.25) is 20.2 Å². The summed E-state index contributed by atoms with van der Waals surface area (Å²) >= 11 is 0. The van der Waals surface area contributed by atoms with Crippen LogP contribution in [-0.4, -0.2) is 92.8 Å². The van der Waals surface area contributed by atoms with Crippen molar-refractivity contribution >= 4 is 33.5 Å². The van der Waals surface area contributed by atoms with Gasteiger partial charge in [-0.2, -0.15) is 5.26 Å². The van der Waals surface area contributed by atoms with Crippen molar-refractivity contribution in [3.8, 4) is 6.19 Å². The van der Waals surface area contributed by atoms with Crippen molar-refractivity contribution < 1.29 is 28.8 Å². The van der Waals surface area contributed by atoms with Crippen LogP contribution in [0.4, 0.5) is 11.4 Å². The van der Waals surface area contributed by atoms with E-state index in [1.165, 1.54) is 24.3 Å². The first kappa shape index (κ1) is 47.8. The number of non-ortho nitro benzene ring substituents is 2. The normalized spacial score (nSPS) is 18.2. The SMILES string of the molecule is C[Si](C)(C)CCOCO[C@@H]1[C@@H](OCOCC[Si](C)(C)C)[C@@H](Cc2ccccc2)N(Cc2cccc([N+](=O)[O-])c2)C(=NC#N)N(Cc2cccc([N+](=O)[O-])c2)[C@@H]1Cc1ccccc1. The Morgan fingerprint density at radius 3 is 1.35 bits per heavy atom. The summed E-state index contributed by atoms with van der Waals surface area (Å²) in [5.74, 6) is 0.270. The van der Waals surface area contributed by atoms with E-state index in [4.69, 9.17) is 18.9 Å². The van der Waals surface area contributed by atoms with Crippen LogP contribution in [0.15, 0.2) is 114 Å². The highest BCUT2D eigenvalue weighted by atomic mass is 28.3. The van der Waals surface area contributed by atoms with Crippen LogP contribution in [0.25, 0.3) is 0 Å². The van der Waals surface area contributed by atoms with Gasteiger partial charge in [0.2, 0.25) is 12.2 Å². The lowest BCUT2D eigenvalue weighted by Gasteiger charge is -2.38. The molecule has 0 radical (unpaired) electrons. The fraction of sp³-hybridized carbons (Fsp3) is 0.435. The molecule has 1 aliphatic heterocycles. The van der Waals surface area contributed by atoms with Crippen molar-refractivity contribution in [2.75, 3.05) is 26.8 Å². The Morgan fingerprint density at radius 2 is 1.00 bits per heavy atom. The quantitative estimate of drug-likeness (QED) is 0.0184. The third kappa shape index (κ3) is 14.7. The summed E-state index contributed by atoms with van der Waals surface area (Å²) in [7, 11) is -2.88. The largest absolute Gasteiger partial charge is 0.356 e. The van der Waals surface area contributed by atoms with E-state index in [0.717, 1.165) is 23.2 Å². The van der Waals surface area contributed by atoms with E-state index in [2.05, 4.69) is 50.5 Å². The van der Waals surface area contributed by atoms with Gasteiger partial charge in [0.1, 0.15) is 25.8 Å². The molecule has 1 aliphatic rings. The average molecular weight is 881 g/mol. The first-order valence-electron chi connectivity index (χ1n) is 21.0. The monoisotopic (exact) mass is 880 g/mol. The highest BCUT2D eigenvalue weighted by Crippen LogP contribution is 2.34. The third-order valence-corrected chi connectivity index (χ3v) is 14.2. The molecule has 4 aromatic carbocycles. The molecule has 0 aromatic heterocycles. The van der Waals surface area contributed by atoms with E-state index < -0.39 is 50.3 Å². The molecule has 0 saturated carbocycles. The Balaban J connectivity index is 1.75. The molecular weight excluding hydrogens is 821 g/mol. The molecule has 4 atom stereocenters. The van der Waals surface area contributed by atoms with Gasteiger partial charge in [0.25, 0.3) is 11.4 Å². The van der Waals surface area contributed by atoms with Gasteiger partial charge in [0, 0.05) is 66.7 Å². The van der Waals surface area contributed by atoms with E-state index in [1.807, 2.05) is 82.6 Å². The predicted octanol–water partition coefficient (Wildman–Crippen LogP) is 9.28. The Kier molecular flexibility index (Phi) is 17.5. The molecule has 330 valence electrons. The van der Waals surface area contributed by atoms with Crippen molar-refractivity contribution in [3.63, 3.8) is 0 Å². The van der Waals surface area contributed by atoms with E-state index in [0.29, 0.717) is 37.2 Å². The van der Waals surface area contributed by atoms with Crippen molar-refractivity contribution in [1.82, 2.24) is 9.80 Å². The van der Waals surface area contributed by atoms with Gasteiger partial charge in [0.05, 0.1) is 21.9 Å². The zero-order valence-electron chi connectivity index (χ0n) is 36.7. The summed E-state index contributed by atoms with van der Waals surface area (Å²) in [6, 6.07) is 33.4. The zero-order chi connectivity index (χ0) is 44.7. The van der Waals surface area contributed by atoms with E-state index in [-0.39, 0.29) is 44.0 Å². The minimum Gasteiger partial charge on any atom is -0.356 e. The van der Waals surface area contributed by atoms with Crippen LogP contribution in [-0.2, 0) is 44.9 Å². The molecule has 0 bridgehead atoms. The van der Waals surface area contributed by atoms with Gasteiger partial charge in [-0.15, -0.1) is 4.99 Å². The minimum absolute atomic E-state index is 0.0465. The van der Waals surface area contributed by atoms with Crippen molar-refractivity contribution in [3.05, 3.63) is 152 Å². The fourth-order valence-corrected chi connectivity index (χ4v) is 8.95. The molecule has 1 fully saturated rings. The second-order valence-corrected chi connectivity index (χ2v) is 29.3. The Morgan fingerprint density at radius 1 is 0.613 bits per heavy atom. The lowest BCUT2D eigenvalue weighted by molar-refractivity contribution is -0.385. The van der Waals surface area contributed by atoms with E-state index in [9.17, 15) is 25.5 Å². The molecule has 0 aliphatic carbocycles. The fourth-order valence-electron chi connectivity index (χ4n) is 7.44. The average Bonchev–Trinajstić information content (AvgIpc) is 3.30. The maximum atomic E-state index is 12.1.